The third-order valence-electron chi connectivity index (χ3n) is 2.06. The minimum atomic E-state index is -4.08. The quantitative estimate of drug-likeness (QED) is 0.789. The average Bonchev–Trinajstić information content (AvgIpc) is 2.22. The Balaban J connectivity index is 2.54. The van der Waals surface area contributed by atoms with E-state index >= 15 is 0 Å². The number of nitrogens with zero attached hydrogens (tertiary/aromatic N) is 1. The van der Waals surface area contributed by atoms with Gasteiger partial charge in [0.15, 0.2) is 0 Å². The Labute approximate surface area is 95.5 Å². The fourth-order valence-electron chi connectivity index (χ4n) is 1.16. The van der Waals surface area contributed by atoms with Gasteiger partial charge in [-0.3, -0.25) is 4.98 Å². The van der Waals surface area contributed by atoms with Crippen molar-refractivity contribution in [2.75, 3.05) is 6.54 Å². The van der Waals surface area contributed by atoms with Crippen molar-refractivity contribution in [2.45, 2.75) is 25.8 Å². The molecule has 7 heteroatoms. The summed E-state index contributed by atoms with van der Waals surface area (Å²) in [4.78, 5) is 3.89. The lowest BCUT2D eigenvalue weighted by Gasteiger charge is -2.15. The van der Waals surface area contributed by atoms with Crippen LogP contribution in [-0.2, 0) is 6.54 Å². The largest absolute Gasteiger partial charge is 0.506 e. The molecule has 0 fully saturated rings. The first-order chi connectivity index (χ1) is 7.83. The maximum Gasteiger partial charge on any atom is 0.319 e. The Bertz CT molecular complexity index is 385. The van der Waals surface area contributed by atoms with Crippen LogP contribution in [0, 0.1) is 6.92 Å². The Hall–Kier alpha value is -1.37. The molecule has 1 aromatic heterocycles. The van der Waals surface area contributed by atoms with Gasteiger partial charge in [-0.2, -0.15) is 8.78 Å². The first-order valence-corrected chi connectivity index (χ1v) is 4.85. The first-order valence-electron chi connectivity index (χ1n) is 4.85. The number of hydrogen-bond donors (Lipinski definition) is 2. The number of aryl methyl sites for hydroxylation is 1. The van der Waals surface area contributed by atoms with E-state index in [0.29, 0.717) is 5.69 Å². The molecule has 0 unspecified atom stereocenters. The lowest BCUT2D eigenvalue weighted by atomic mass is 10.2. The van der Waals surface area contributed by atoms with Crippen LogP contribution < -0.4 is 5.32 Å². The molecule has 1 heterocycles. The third kappa shape index (κ3) is 3.85. The molecular formula is C10H12F4N2O. The molecule has 0 atom stereocenters. The normalized spacial score (nSPS) is 12.1. The predicted molar refractivity (Wildman–Crippen MR) is 53.3 cm³/mol. The Morgan fingerprint density at radius 1 is 1.41 bits per heavy atom. The van der Waals surface area contributed by atoms with Gasteiger partial charge in [0.05, 0.1) is 12.2 Å². The number of nitrogens with one attached hydrogen (secondary N) is 1. The Morgan fingerprint density at radius 3 is 2.65 bits per heavy atom. The maximum absolute atomic E-state index is 12.5. The van der Waals surface area contributed by atoms with Gasteiger partial charge in [-0.15, -0.1) is 0 Å². The molecule has 0 bridgehead atoms. The second-order valence-corrected chi connectivity index (χ2v) is 3.58. The summed E-state index contributed by atoms with van der Waals surface area (Å²) in [6, 6.07) is 2.91. The molecule has 0 spiro atoms. The molecule has 0 aliphatic rings. The van der Waals surface area contributed by atoms with Crippen LogP contribution in [0.1, 0.15) is 11.4 Å². The number of aromatic hydroxyl groups is 1. The van der Waals surface area contributed by atoms with Crippen molar-refractivity contribution in [1.82, 2.24) is 10.3 Å². The van der Waals surface area contributed by atoms with Gasteiger partial charge in [0.1, 0.15) is 5.75 Å². The zero-order valence-corrected chi connectivity index (χ0v) is 9.05. The molecule has 0 saturated carbocycles. The van der Waals surface area contributed by atoms with E-state index in [-0.39, 0.29) is 18.0 Å². The zero-order chi connectivity index (χ0) is 13.1. The van der Waals surface area contributed by atoms with Gasteiger partial charge in [-0.05, 0) is 19.1 Å². The number of aromatic nitrogens is 1. The summed E-state index contributed by atoms with van der Waals surface area (Å²) in [5.74, 6) is -4.25. The van der Waals surface area contributed by atoms with Crippen molar-refractivity contribution in [3.8, 4) is 5.75 Å². The molecular weight excluding hydrogens is 240 g/mol. The molecule has 2 N–H and O–H groups in total. The van der Waals surface area contributed by atoms with Crippen LogP contribution >= 0.6 is 0 Å². The minimum Gasteiger partial charge on any atom is -0.506 e. The van der Waals surface area contributed by atoms with E-state index in [1.807, 2.05) is 0 Å². The van der Waals surface area contributed by atoms with Gasteiger partial charge in [0, 0.05) is 12.2 Å². The summed E-state index contributed by atoms with van der Waals surface area (Å²) in [7, 11) is 0. The topological polar surface area (TPSA) is 45.1 Å². The van der Waals surface area contributed by atoms with Crippen molar-refractivity contribution in [2.24, 2.45) is 0 Å². The van der Waals surface area contributed by atoms with Gasteiger partial charge in [0.25, 0.3) is 0 Å². The molecule has 0 aliphatic carbocycles. The van der Waals surface area contributed by atoms with Crippen molar-refractivity contribution in [1.29, 1.82) is 0 Å². The van der Waals surface area contributed by atoms with Gasteiger partial charge in [-0.1, -0.05) is 0 Å². The number of alkyl halides is 4. The van der Waals surface area contributed by atoms with E-state index in [9.17, 15) is 22.7 Å². The molecule has 0 saturated heterocycles. The van der Waals surface area contributed by atoms with Crippen molar-refractivity contribution in [3.05, 3.63) is 23.5 Å². The average molecular weight is 252 g/mol. The fourth-order valence-corrected chi connectivity index (χ4v) is 1.16. The fraction of sp³-hybridized carbons (Fsp3) is 0.500. The SMILES string of the molecule is Cc1ccc(O)c(CNCC(F)(F)C(F)F)n1. The van der Waals surface area contributed by atoms with Crippen LogP contribution in [0.3, 0.4) is 0 Å². The Morgan fingerprint density at radius 2 is 2.06 bits per heavy atom. The first kappa shape index (κ1) is 13.7. The zero-order valence-electron chi connectivity index (χ0n) is 9.05. The van der Waals surface area contributed by atoms with E-state index in [4.69, 9.17) is 0 Å². The van der Waals surface area contributed by atoms with E-state index < -0.39 is 18.9 Å². The number of rotatable bonds is 5. The lowest BCUT2D eigenvalue weighted by molar-refractivity contribution is -0.125. The van der Waals surface area contributed by atoms with E-state index in [1.165, 1.54) is 6.07 Å². The second-order valence-electron chi connectivity index (χ2n) is 3.58. The summed E-state index contributed by atoms with van der Waals surface area (Å²) in [5.41, 5.74) is 0.746. The van der Waals surface area contributed by atoms with Gasteiger partial charge in [0.2, 0.25) is 0 Å². The molecule has 0 radical (unpaired) electrons. The molecule has 17 heavy (non-hydrogen) atoms. The van der Waals surface area contributed by atoms with Gasteiger partial charge >= 0.3 is 12.3 Å². The predicted octanol–water partition coefficient (Wildman–Crippen LogP) is 2.09. The summed E-state index contributed by atoms with van der Waals surface area (Å²) in [5, 5.41) is 11.5. The van der Waals surface area contributed by atoms with Crippen LogP contribution in [0.25, 0.3) is 0 Å². The van der Waals surface area contributed by atoms with Gasteiger partial charge in [-0.25, -0.2) is 8.78 Å². The highest BCUT2D eigenvalue weighted by Crippen LogP contribution is 2.22. The summed E-state index contributed by atoms with van der Waals surface area (Å²) >= 11 is 0. The molecule has 0 amide bonds. The molecule has 1 rings (SSSR count). The van der Waals surface area contributed by atoms with Gasteiger partial charge < -0.3 is 10.4 Å². The van der Waals surface area contributed by atoms with Crippen molar-refractivity contribution >= 4 is 0 Å². The van der Waals surface area contributed by atoms with E-state index in [0.717, 1.165) is 0 Å². The smallest absolute Gasteiger partial charge is 0.319 e. The molecule has 0 aromatic carbocycles. The van der Waals surface area contributed by atoms with Crippen molar-refractivity contribution < 1.29 is 22.7 Å². The third-order valence-corrected chi connectivity index (χ3v) is 2.06. The number of hydrogen-bond acceptors (Lipinski definition) is 3. The summed E-state index contributed by atoms with van der Waals surface area (Å²) in [6.45, 7) is 0.298. The minimum absolute atomic E-state index is 0.148. The maximum atomic E-state index is 12.5. The number of pyridine rings is 1. The number of halogens is 4. The van der Waals surface area contributed by atoms with E-state index in [2.05, 4.69) is 10.3 Å². The molecule has 0 aliphatic heterocycles. The monoisotopic (exact) mass is 252 g/mol. The summed E-state index contributed by atoms with van der Waals surface area (Å²) < 4.78 is 48.7. The highest BCUT2D eigenvalue weighted by molar-refractivity contribution is 5.27. The van der Waals surface area contributed by atoms with Crippen LogP contribution in [0.5, 0.6) is 5.75 Å². The standard InChI is InChI=1S/C10H12F4N2O/c1-6-2-3-8(17)7(16-6)4-15-5-10(13,14)9(11)12/h2-3,9,15,17H,4-5H2,1H3. The molecule has 1 aromatic rings. The van der Waals surface area contributed by atoms with Crippen LogP contribution in [0.2, 0.25) is 0 Å². The Kier molecular flexibility index (Phi) is 4.28. The van der Waals surface area contributed by atoms with Crippen LogP contribution in [0.15, 0.2) is 12.1 Å². The van der Waals surface area contributed by atoms with Crippen LogP contribution in [0.4, 0.5) is 17.6 Å². The highest BCUT2D eigenvalue weighted by Gasteiger charge is 2.40. The lowest BCUT2D eigenvalue weighted by Crippen LogP contribution is -2.38. The summed E-state index contributed by atoms with van der Waals surface area (Å²) in [6.07, 6.45) is -3.71. The van der Waals surface area contributed by atoms with Crippen molar-refractivity contribution in [3.63, 3.8) is 0 Å². The second kappa shape index (κ2) is 5.31. The highest BCUT2D eigenvalue weighted by atomic mass is 19.3. The molecule has 3 nitrogen and oxygen atoms in total. The van der Waals surface area contributed by atoms with E-state index in [1.54, 1.807) is 13.0 Å². The molecule has 96 valence electrons. The van der Waals surface area contributed by atoms with Crippen LogP contribution in [-0.4, -0.2) is 29.0 Å².